The average molecular weight is 1120 g/mol. The SMILES string of the molecule is Cc1ccc(C(=O)Nc2ccc(CN3CCN(CCCNC(=O)CCC(=O)NCCCCCCCCNC(=O)COc4cccc5c4C(=O)N(C4CCC(=O)NC4=O)C5=O)CC3)c(C(F)(F)F)c2)cc1C#CC1CN=C2C=CC=NN21. The summed E-state index contributed by atoms with van der Waals surface area (Å²) in [5.41, 5.74) is 1.08. The molecule has 8 rings (SSSR count). The quantitative estimate of drug-likeness (QED) is 0.0466. The van der Waals surface area contributed by atoms with Crippen LogP contribution in [0.1, 0.15) is 124 Å². The maximum atomic E-state index is 14.4. The number of amides is 8. The third kappa shape index (κ3) is 16.0. The van der Waals surface area contributed by atoms with Crippen molar-refractivity contribution in [3.63, 3.8) is 0 Å². The van der Waals surface area contributed by atoms with Crippen molar-refractivity contribution in [2.45, 2.75) is 102 Å². The van der Waals surface area contributed by atoms with Crippen molar-refractivity contribution in [3.8, 4) is 17.6 Å². The Morgan fingerprint density at radius 1 is 0.802 bits per heavy atom. The zero-order valence-corrected chi connectivity index (χ0v) is 45.1. The molecule has 2 atom stereocenters. The van der Waals surface area contributed by atoms with Crippen LogP contribution in [-0.4, -0.2) is 157 Å². The van der Waals surface area contributed by atoms with Crippen molar-refractivity contribution >= 4 is 65.0 Å². The molecular weight excluding hydrogens is 1050 g/mol. The second-order valence-electron chi connectivity index (χ2n) is 20.4. The summed E-state index contributed by atoms with van der Waals surface area (Å²) < 4.78 is 48.9. The number of allylic oxidation sites excluding steroid dienone is 1. The van der Waals surface area contributed by atoms with E-state index in [0.29, 0.717) is 70.9 Å². The molecule has 8 amide bonds. The number of fused-ring (bicyclic) bond motifs is 2. The number of nitrogens with zero attached hydrogens (tertiary/aromatic N) is 6. The van der Waals surface area contributed by atoms with Crippen LogP contribution < -0.4 is 31.3 Å². The number of imide groups is 2. The van der Waals surface area contributed by atoms with Crippen LogP contribution in [0.5, 0.6) is 5.75 Å². The minimum absolute atomic E-state index is 0.00165. The number of hydrazone groups is 1. The standard InChI is InChI=1S/C58H66F3N11O9/c1-38-14-15-40(33-39(38)17-19-43-35-65-48-13-9-27-66-72(43)48)54(77)67-42-18-16-41(45(34-42)58(59,60)61)36-70-31-29-69(30-32-70)28-10-26-63-50(74)23-22-49(73)62-24-6-4-2-3-5-7-25-64-52(76)37-81-47-12-8-11-44-53(47)57(80)71(56(44)79)46-20-21-51(75)68-55(46)78/h8-9,11-16,18,27,33-34,43,46H,2-7,10,20-26,28-32,35-37H2,1H3,(H,62,73)(H,63,74)(H,64,76)(H,67,77)(H,68,75,78). The predicted molar refractivity (Wildman–Crippen MR) is 294 cm³/mol. The van der Waals surface area contributed by atoms with Crippen LogP contribution in [0.15, 0.2) is 76.8 Å². The Kier molecular flexibility index (Phi) is 20.2. The summed E-state index contributed by atoms with van der Waals surface area (Å²) in [6.07, 6.45) is 6.67. The molecule has 3 aromatic rings. The number of alkyl halides is 3. The van der Waals surface area contributed by atoms with Crippen LogP contribution in [0.25, 0.3) is 0 Å². The van der Waals surface area contributed by atoms with E-state index in [4.69, 9.17) is 4.74 Å². The van der Waals surface area contributed by atoms with Gasteiger partial charge in [0.05, 0.1) is 23.2 Å². The van der Waals surface area contributed by atoms with Crippen LogP contribution in [0.2, 0.25) is 0 Å². The molecule has 0 saturated carbocycles. The first-order valence-electron chi connectivity index (χ1n) is 27.4. The molecule has 0 radical (unpaired) electrons. The number of unbranched alkanes of at least 4 members (excludes halogenated alkanes) is 5. The van der Waals surface area contributed by atoms with Crippen molar-refractivity contribution in [1.29, 1.82) is 0 Å². The summed E-state index contributed by atoms with van der Waals surface area (Å²) in [6.45, 7) is 6.50. The zero-order chi connectivity index (χ0) is 57.5. The number of hydrogen-bond acceptors (Lipinski definition) is 14. The number of piperazine rings is 1. The summed E-state index contributed by atoms with van der Waals surface area (Å²) >= 11 is 0. The molecule has 5 aliphatic rings. The monoisotopic (exact) mass is 1120 g/mol. The molecule has 23 heteroatoms. The zero-order valence-electron chi connectivity index (χ0n) is 45.1. The number of carbonyl (C=O) groups is 8. The predicted octanol–water partition coefficient (Wildman–Crippen LogP) is 4.71. The fourth-order valence-corrected chi connectivity index (χ4v) is 9.98. The molecule has 0 spiro atoms. The van der Waals surface area contributed by atoms with Gasteiger partial charge in [0.2, 0.25) is 23.6 Å². The first kappa shape index (κ1) is 58.9. The van der Waals surface area contributed by atoms with Crippen LogP contribution in [0, 0.1) is 18.8 Å². The molecule has 0 aliphatic carbocycles. The van der Waals surface area contributed by atoms with Gasteiger partial charge in [-0.15, -0.1) is 0 Å². The van der Waals surface area contributed by atoms with E-state index in [2.05, 4.69) is 53.4 Å². The van der Waals surface area contributed by atoms with Gasteiger partial charge in [-0.2, -0.15) is 18.3 Å². The van der Waals surface area contributed by atoms with E-state index in [-0.39, 0.29) is 90.4 Å². The number of anilines is 1. The van der Waals surface area contributed by atoms with Gasteiger partial charge in [-0.25, -0.2) is 5.01 Å². The third-order valence-corrected chi connectivity index (χ3v) is 14.5. The smallest absolute Gasteiger partial charge is 0.416 e. The summed E-state index contributed by atoms with van der Waals surface area (Å²) in [5, 5.41) is 19.4. The average Bonchev–Trinajstić information content (AvgIpc) is 4.19. The normalized spacial score (nSPS) is 17.9. The van der Waals surface area contributed by atoms with Gasteiger partial charge >= 0.3 is 6.18 Å². The minimum Gasteiger partial charge on any atom is -0.483 e. The topological polar surface area (TPSA) is 244 Å². The Bertz CT molecular complexity index is 3050. The van der Waals surface area contributed by atoms with Crippen LogP contribution >= 0.6 is 0 Å². The second-order valence-corrected chi connectivity index (χ2v) is 20.4. The molecule has 2 unspecified atom stereocenters. The van der Waals surface area contributed by atoms with E-state index in [9.17, 15) is 51.5 Å². The maximum absolute atomic E-state index is 14.4. The largest absolute Gasteiger partial charge is 0.483 e. The number of ether oxygens (including phenoxy) is 1. The first-order chi connectivity index (χ1) is 39.0. The van der Waals surface area contributed by atoms with Gasteiger partial charge in [-0.3, -0.25) is 58.5 Å². The Morgan fingerprint density at radius 3 is 2.21 bits per heavy atom. The number of nitrogens with one attached hydrogen (secondary N) is 5. The summed E-state index contributed by atoms with van der Waals surface area (Å²) in [7, 11) is 0. The van der Waals surface area contributed by atoms with E-state index in [0.717, 1.165) is 60.9 Å². The lowest BCUT2D eigenvalue weighted by atomic mass is 10.0. The highest BCUT2D eigenvalue weighted by Gasteiger charge is 2.46. The Morgan fingerprint density at radius 2 is 1.49 bits per heavy atom. The van der Waals surface area contributed by atoms with Crippen LogP contribution in [0.4, 0.5) is 18.9 Å². The molecule has 428 valence electrons. The van der Waals surface area contributed by atoms with Crippen molar-refractivity contribution in [1.82, 2.24) is 41.0 Å². The number of rotatable bonds is 24. The molecule has 0 aromatic heterocycles. The highest BCUT2D eigenvalue weighted by atomic mass is 19.4. The van der Waals surface area contributed by atoms with Gasteiger partial charge in [0.25, 0.3) is 23.6 Å². The number of aryl methyl sites for hydroxylation is 1. The van der Waals surface area contributed by atoms with Gasteiger partial charge in [-0.1, -0.05) is 55.7 Å². The van der Waals surface area contributed by atoms with Gasteiger partial charge in [0.15, 0.2) is 6.61 Å². The molecule has 2 saturated heterocycles. The molecular formula is C58H66F3N11O9. The van der Waals surface area contributed by atoms with E-state index >= 15 is 0 Å². The molecule has 20 nitrogen and oxygen atoms in total. The number of piperidine rings is 1. The van der Waals surface area contributed by atoms with Gasteiger partial charge in [0.1, 0.15) is 23.7 Å². The Labute approximate surface area is 467 Å². The van der Waals surface area contributed by atoms with Gasteiger partial charge in [-0.05, 0) is 98.8 Å². The number of aliphatic imine (C=N–C) groups is 1. The molecule has 2 fully saturated rings. The maximum Gasteiger partial charge on any atom is 0.416 e. The van der Waals surface area contributed by atoms with Crippen molar-refractivity contribution in [3.05, 3.63) is 106 Å². The fourth-order valence-electron chi connectivity index (χ4n) is 9.98. The number of amidine groups is 1. The van der Waals surface area contributed by atoms with E-state index in [1.54, 1.807) is 35.5 Å². The molecule has 5 heterocycles. The minimum atomic E-state index is -4.64. The Hall–Kier alpha value is -8.23. The summed E-state index contributed by atoms with van der Waals surface area (Å²) in [4.78, 5) is 110. The lowest BCUT2D eigenvalue weighted by Crippen LogP contribution is -2.54. The number of halogens is 3. The third-order valence-electron chi connectivity index (χ3n) is 14.5. The second kappa shape index (κ2) is 27.8. The van der Waals surface area contributed by atoms with Crippen LogP contribution in [0.3, 0.4) is 0 Å². The van der Waals surface area contributed by atoms with E-state index in [1.807, 2.05) is 17.9 Å². The van der Waals surface area contributed by atoms with Crippen LogP contribution in [-0.2, 0) is 36.7 Å². The first-order valence-corrected chi connectivity index (χ1v) is 27.4. The number of carbonyl (C=O) groups excluding carboxylic acids is 8. The van der Waals surface area contributed by atoms with Gasteiger partial charge in [0, 0.05) is 94.6 Å². The fraction of sp³-hybridized carbons (Fsp3) is 0.448. The molecule has 81 heavy (non-hydrogen) atoms. The lowest BCUT2D eigenvalue weighted by Gasteiger charge is -2.35. The van der Waals surface area contributed by atoms with Crippen molar-refractivity contribution in [2.24, 2.45) is 10.1 Å². The van der Waals surface area contributed by atoms with E-state index < -0.39 is 53.2 Å². The molecule has 5 N–H and O–H groups in total. The highest BCUT2D eigenvalue weighted by molar-refractivity contribution is 6.24. The summed E-state index contributed by atoms with van der Waals surface area (Å²) in [6, 6.07) is 12.0. The summed E-state index contributed by atoms with van der Waals surface area (Å²) in [5.74, 6) is 3.13. The van der Waals surface area contributed by atoms with Crippen molar-refractivity contribution < 1.29 is 56.3 Å². The molecule has 0 bridgehead atoms. The number of benzene rings is 3. The van der Waals surface area contributed by atoms with Gasteiger partial charge < -0.3 is 30.9 Å². The Balaban J connectivity index is 0.632. The molecule has 3 aromatic carbocycles. The number of hydrogen-bond donors (Lipinski definition) is 5. The highest BCUT2D eigenvalue weighted by Crippen LogP contribution is 2.36. The lowest BCUT2D eigenvalue weighted by molar-refractivity contribution is -0.139. The molecule has 5 aliphatic heterocycles. The van der Waals surface area contributed by atoms with E-state index in [1.165, 1.54) is 30.3 Å². The van der Waals surface area contributed by atoms with Crippen molar-refractivity contribution in [2.75, 3.05) is 70.8 Å².